The zero-order valence-corrected chi connectivity index (χ0v) is 9.97. The summed E-state index contributed by atoms with van der Waals surface area (Å²) in [6.07, 6.45) is 2.15. The number of aliphatic hydroxyl groups is 1. The van der Waals surface area contributed by atoms with E-state index in [1.54, 1.807) is 0 Å². The molecule has 0 saturated carbocycles. The van der Waals surface area contributed by atoms with E-state index in [0.717, 1.165) is 38.2 Å². The molecule has 0 aliphatic carbocycles. The molecule has 4 N–H and O–H groups in total. The van der Waals surface area contributed by atoms with Crippen molar-refractivity contribution in [2.75, 3.05) is 25.1 Å². The molecule has 0 aromatic carbocycles. The number of pyridine rings is 1. The Kier molecular flexibility index (Phi) is 4.30. The first-order valence-electron chi connectivity index (χ1n) is 6.07. The summed E-state index contributed by atoms with van der Waals surface area (Å²) >= 11 is 0. The Morgan fingerprint density at radius 1 is 1.41 bits per heavy atom. The number of likely N-dealkylation sites (tertiary alicyclic amines) is 1. The van der Waals surface area contributed by atoms with Crippen LogP contribution in [-0.4, -0.2) is 34.7 Å². The van der Waals surface area contributed by atoms with Gasteiger partial charge < -0.3 is 10.5 Å². The SMILES string of the molecule is NNc1cccc(CN2CCC(CO)CC2)n1. The van der Waals surface area contributed by atoms with Crippen LogP contribution in [0.5, 0.6) is 0 Å². The number of piperidine rings is 1. The monoisotopic (exact) mass is 236 g/mol. The number of anilines is 1. The Labute approximate surface area is 102 Å². The van der Waals surface area contributed by atoms with Gasteiger partial charge in [0.25, 0.3) is 0 Å². The largest absolute Gasteiger partial charge is 0.396 e. The number of aliphatic hydroxyl groups excluding tert-OH is 1. The number of rotatable bonds is 4. The fourth-order valence-corrected chi connectivity index (χ4v) is 2.20. The van der Waals surface area contributed by atoms with Gasteiger partial charge in [-0.25, -0.2) is 10.8 Å². The predicted octanol–water partition coefficient (Wildman–Crippen LogP) is 0.571. The minimum Gasteiger partial charge on any atom is -0.396 e. The highest BCUT2D eigenvalue weighted by Crippen LogP contribution is 2.18. The Hall–Kier alpha value is -1.17. The predicted molar refractivity (Wildman–Crippen MR) is 67.1 cm³/mol. The van der Waals surface area contributed by atoms with Gasteiger partial charge in [0, 0.05) is 13.2 Å². The molecule has 0 amide bonds. The lowest BCUT2D eigenvalue weighted by molar-refractivity contribution is 0.126. The molecule has 5 heteroatoms. The molecule has 0 atom stereocenters. The highest BCUT2D eigenvalue weighted by Gasteiger charge is 2.18. The van der Waals surface area contributed by atoms with Crippen LogP contribution in [0.15, 0.2) is 18.2 Å². The number of hydrogen-bond acceptors (Lipinski definition) is 5. The van der Waals surface area contributed by atoms with Crippen LogP contribution in [0.1, 0.15) is 18.5 Å². The zero-order valence-electron chi connectivity index (χ0n) is 9.97. The number of nitrogens with one attached hydrogen (secondary N) is 1. The molecule has 0 radical (unpaired) electrons. The van der Waals surface area contributed by atoms with Crippen LogP contribution < -0.4 is 11.3 Å². The standard InChI is InChI=1S/C12H20N4O/c13-15-12-3-1-2-11(14-12)8-16-6-4-10(9-17)5-7-16/h1-3,10,17H,4-9,13H2,(H,14,15). The lowest BCUT2D eigenvalue weighted by Crippen LogP contribution is -2.34. The normalized spacial score (nSPS) is 18.2. The fraction of sp³-hybridized carbons (Fsp3) is 0.583. The van der Waals surface area contributed by atoms with Crippen molar-refractivity contribution in [1.82, 2.24) is 9.88 Å². The van der Waals surface area contributed by atoms with Gasteiger partial charge in [-0.15, -0.1) is 0 Å². The third-order valence-corrected chi connectivity index (χ3v) is 3.31. The molecule has 5 nitrogen and oxygen atoms in total. The van der Waals surface area contributed by atoms with Gasteiger partial charge in [0.1, 0.15) is 5.82 Å². The highest BCUT2D eigenvalue weighted by atomic mass is 16.3. The van der Waals surface area contributed by atoms with Crippen molar-refractivity contribution in [3.63, 3.8) is 0 Å². The van der Waals surface area contributed by atoms with Crippen LogP contribution in [0.3, 0.4) is 0 Å². The fourth-order valence-electron chi connectivity index (χ4n) is 2.20. The van der Waals surface area contributed by atoms with Crippen LogP contribution in [0.2, 0.25) is 0 Å². The molecule has 0 bridgehead atoms. The number of nitrogens with zero attached hydrogens (tertiary/aromatic N) is 2. The van der Waals surface area contributed by atoms with Crippen molar-refractivity contribution in [3.8, 4) is 0 Å². The van der Waals surface area contributed by atoms with E-state index in [4.69, 9.17) is 10.9 Å². The lowest BCUT2D eigenvalue weighted by Gasteiger charge is -2.30. The molecular formula is C12H20N4O. The van der Waals surface area contributed by atoms with Gasteiger partial charge in [0.2, 0.25) is 0 Å². The number of nitrogens with two attached hydrogens (primary N) is 1. The van der Waals surface area contributed by atoms with E-state index >= 15 is 0 Å². The smallest absolute Gasteiger partial charge is 0.140 e. The molecule has 1 aliphatic rings. The Balaban J connectivity index is 1.88. The van der Waals surface area contributed by atoms with Gasteiger partial charge in [-0.05, 0) is 44.0 Å². The third kappa shape index (κ3) is 3.39. The first-order valence-corrected chi connectivity index (χ1v) is 6.07. The molecule has 1 aliphatic heterocycles. The molecule has 94 valence electrons. The summed E-state index contributed by atoms with van der Waals surface area (Å²) in [6.45, 7) is 3.24. The minimum atomic E-state index is 0.318. The highest BCUT2D eigenvalue weighted by molar-refractivity contribution is 5.33. The Bertz CT molecular complexity index is 350. The molecule has 2 heterocycles. The molecule has 2 rings (SSSR count). The van der Waals surface area contributed by atoms with Gasteiger partial charge in [0.15, 0.2) is 0 Å². The van der Waals surface area contributed by atoms with Crippen LogP contribution in [0.4, 0.5) is 5.82 Å². The van der Waals surface area contributed by atoms with E-state index in [-0.39, 0.29) is 0 Å². The number of hydrazine groups is 1. The summed E-state index contributed by atoms with van der Waals surface area (Å²) in [5, 5.41) is 9.08. The summed E-state index contributed by atoms with van der Waals surface area (Å²) in [6, 6.07) is 5.82. The summed E-state index contributed by atoms with van der Waals surface area (Å²) < 4.78 is 0. The van der Waals surface area contributed by atoms with Gasteiger partial charge >= 0.3 is 0 Å². The first-order chi connectivity index (χ1) is 8.31. The van der Waals surface area contributed by atoms with Crippen molar-refractivity contribution in [3.05, 3.63) is 23.9 Å². The van der Waals surface area contributed by atoms with Gasteiger partial charge in [0.05, 0.1) is 5.69 Å². The van der Waals surface area contributed by atoms with Crippen molar-refractivity contribution < 1.29 is 5.11 Å². The summed E-state index contributed by atoms with van der Waals surface area (Å²) in [7, 11) is 0. The van der Waals surface area contributed by atoms with Gasteiger partial charge in [-0.3, -0.25) is 4.90 Å². The van der Waals surface area contributed by atoms with Crippen LogP contribution in [-0.2, 0) is 6.54 Å². The summed E-state index contributed by atoms with van der Waals surface area (Å²) in [5.74, 6) is 6.52. The molecular weight excluding hydrogens is 216 g/mol. The Morgan fingerprint density at radius 2 is 2.18 bits per heavy atom. The average molecular weight is 236 g/mol. The third-order valence-electron chi connectivity index (χ3n) is 3.31. The number of nitrogen functional groups attached to an aromatic ring is 1. The van der Waals surface area contributed by atoms with Crippen LogP contribution >= 0.6 is 0 Å². The van der Waals surface area contributed by atoms with Crippen molar-refractivity contribution in [1.29, 1.82) is 0 Å². The maximum atomic E-state index is 9.08. The maximum Gasteiger partial charge on any atom is 0.140 e. The van der Waals surface area contributed by atoms with E-state index < -0.39 is 0 Å². The summed E-state index contributed by atoms with van der Waals surface area (Å²) in [4.78, 5) is 6.77. The molecule has 0 unspecified atom stereocenters. The molecule has 1 fully saturated rings. The molecule has 1 aromatic rings. The quantitative estimate of drug-likeness (QED) is 0.526. The van der Waals surface area contributed by atoms with E-state index in [1.165, 1.54) is 0 Å². The first kappa shape index (κ1) is 12.3. The van der Waals surface area contributed by atoms with Crippen molar-refractivity contribution >= 4 is 5.82 Å². The zero-order chi connectivity index (χ0) is 12.1. The Morgan fingerprint density at radius 3 is 2.82 bits per heavy atom. The summed E-state index contributed by atoms with van der Waals surface area (Å²) in [5.41, 5.74) is 3.59. The van der Waals surface area contributed by atoms with E-state index in [9.17, 15) is 0 Å². The molecule has 0 spiro atoms. The second-order valence-electron chi connectivity index (χ2n) is 4.56. The van der Waals surface area contributed by atoms with Crippen molar-refractivity contribution in [2.45, 2.75) is 19.4 Å². The lowest BCUT2D eigenvalue weighted by atomic mass is 9.98. The van der Waals surface area contributed by atoms with Gasteiger partial charge in [-0.1, -0.05) is 6.07 Å². The maximum absolute atomic E-state index is 9.08. The topological polar surface area (TPSA) is 74.4 Å². The molecule has 1 saturated heterocycles. The number of aromatic nitrogens is 1. The van der Waals surface area contributed by atoms with Crippen LogP contribution in [0, 0.1) is 5.92 Å². The van der Waals surface area contributed by atoms with E-state index in [2.05, 4.69) is 15.3 Å². The second kappa shape index (κ2) is 5.95. The van der Waals surface area contributed by atoms with Crippen LogP contribution in [0.25, 0.3) is 0 Å². The average Bonchev–Trinajstić information content (AvgIpc) is 2.40. The molecule has 17 heavy (non-hydrogen) atoms. The molecule has 1 aromatic heterocycles. The van der Waals surface area contributed by atoms with Crippen molar-refractivity contribution in [2.24, 2.45) is 11.8 Å². The van der Waals surface area contributed by atoms with E-state index in [1.807, 2.05) is 18.2 Å². The van der Waals surface area contributed by atoms with Gasteiger partial charge in [-0.2, -0.15) is 0 Å². The number of hydrogen-bond donors (Lipinski definition) is 3. The second-order valence-corrected chi connectivity index (χ2v) is 4.56. The minimum absolute atomic E-state index is 0.318. The van der Waals surface area contributed by atoms with E-state index in [0.29, 0.717) is 18.3 Å².